The first-order chi connectivity index (χ1) is 8.38. The number of benzene rings is 1. The highest BCUT2D eigenvalue weighted by molar-refractivity contribution is 5.70. The van der Waals surface area contributed by atoms with E-state index in [1.165, 1.54) is 17.7 Å². The quantitative estimate of drug-likeness (QED) is 0.678. The van der Waals surface area contributed by atoms with Crippen LogP contribution < -0.4 is 0 Å². The lowest BCUT2D eigenvalue weighted by Gasteiger charge is -2.20. The minimum atomic E-state index is -0.768. The lowest BCUT2D eigenvalue weighted by Crippen LogP contribution is -2.11. The third kappa shape index (κ3) is 1.79. The fourth-order valence-electron chi connectivity index (χ4n) is 3.57. The molecular weight excluding hydrogens is 230 g/mol. The minimum Gasteiger partial charge on any atom is -0.204 e. The largest absolute Gasteiger partial charge is 0.204 e. The van der Waals surface area contributed by atoms with Gasteiger partial charge in [0.2, 0.25) is 0 Å². The van der Waals surface area contributed by atoms with Gasteiger partial charge in [-0.15, -0.1) is 0 Å². The first kappa shape index (κ1) is 11.9. The van der Waals surface area contributed by atoms with E-state index in [1.54, 1.807) is 6.07 Å². The number of hydrogen-bond acceptors (Lipinski definition) is 0. The second kappa shape index (κ2) is 3.66. The van der Waals surface area contributed by atoms with Crippen molar-refractivity contribution in [2.75, 3.05) is 0 Å². The summed E-state index contributed by atoms with van der Waals surface area (Å²) in [4.78, 5) is 0. The molecule has 0 bridgehead atoms. The molecule has 0 N–H and O–H groups in total. The average molecular weight is 248 g/mol. The van der Waals surface area contributed by atoms with Gasteiger partial charge in [-0.2, -0.15) is 0 Å². The van der Waals surface area contributed by atoms with E-state index < -0.39 is 11.6 Å². The van der Waals surface area contributed by atoms with Crippen molar-refractivity contribution in [2.45, 2.75) is 27.2 Å². The minimum absolute atomic E-state index is 0.353. The molecule has 0 spiro atoms. The van der Waals surface area contributed by atoms with Gasteiger partial charge in [0.05, 0.1) is 0 Å². The van der Waals surface area contributed by atoms with Crippen molar-refractivity contribution >= 4 is 5.57 Å². The summed E-state index contributed by atoms with van der Waals surface area (Å²) in [5.74, 6) is 0.601. The van der Waals surface area contributed by atoms with E-state index in [9.17, 15) is 8.78 Å². The molecule has 1 saturated carbocycles. The smallest absolute Gasteiger partial charge is 0.159 e. The van der Waals surface area contributed by atoms with E-state index in [1.807, 2.05) is 0 Å². The van der Waals surface area contributed by atoms with Gasteiger partial charge in [0.15, 0.2) is 11.6 Å². The summed E-state index contributed by atoms with van der Waals surface area (Å²) in [5.41, 5.74) is 2.38. The van der Waals surface area contributed by atoms with Crippen LogP contribution in [0.3, 0.4) is 0 Å². The van der Waals surface area contributed by atoms with E-state index >= 15 is 0 Å². The molecule has 3 rings (SSSR count). The predicted octanol–water partition coefficient (Wildman–Crippen LogP) is 4.66. The maximum Gasteiger partial charge on any atom is 0.159 e. The predicted molar refractivity (Wildman–Crippen MR) is 68.9 cm³/mol. The molecule has 0 saturated heterocycles. The summed E-state index contributed by atoms with van der Waals surface area (Å²) in [6.07, 6.45) is 3.28. The van der Waals surface area contributed by atoms with E-state index in [-0.39, 0.29) is 0 Å². The summed E-state index contributed by atoms with van der Waals surface area (Å²) in [7, 11) is 0. The topological polar surface area (TPSA) is 0 Å². The van der Waals surface area contributed by atoms with Crippen molar-refractivity contribution in [1.82, 2.24) is 0 Å². The Labute approximate surface area is 107 Å². The highest BCUT2D eigenvalue weighted by Crippen LogP contribution is 2.64. The second-order valence-electron chi connectivity index (χ2n) is 6.66. The van der Waals surface area contributed by atoms with Gasteiger partial charge in [0.25, 0.3) is 0 Å². The van der Waals surface area contributed by atoms with Gasteiger partial charge in [0.1, 0.15) is 0 Å². The molecule has 18 heavy (non-hydrogen) atoms. The Morgan fingerprint density at radius 3 is 2.33 bits per heavy atom. The van der Waals surface area contributed by atoms with Gasteiger partial charge in [-0.1, -0.05) is 32.9 Å². The summed E-state index contributed by atoms with van der Waals surface area (Å²) in [6.45, 7) is 6.84. The normalized spacial score (nSPS) is 30.1. The van der Waals surface area contributed by atoms with Gasteiger partial charge < -0.3 is 0 Å². The molecule has 0 heterocycles. The van der Waals surface area contributed by atoms with Crippen molar-refractivity contribution in [3.05, 3.63) is 41.5 Å². The van der Waals surface area contributed by atoms with Crippen molar-refractivity contribution in [1.29, 1.82) is 0 Å². The van der Waals surface area contributed by atoms with E-state index in [0.717, 1.165) is 17.9 Å². The van der Waals surface area contributed by atoms with Crippen molar-refractivity contribution in [3.63, 3.8) is 0 Å². The Bertz CT molecular complexity index is 522. The third-order valence-electron chi connectivity index (χ3n) is 4.37. The summed E-state index contributed by atoms with van der Waals surface area (Å²) >= 11 is 0. The molecule has 1 aromatic rings. The molecule has 0 aromatic heterocycles. The van der Waals surface area contributed by atoms with Crippen LogP contribution in [0.4, 0.5) is 8.78 Å². The van der Waals surface area contributed by atoms with Crippen molar-refractivity contribution in [2.24, 2.45) is 23.2 Å². The molecule has 2 heteroatoms. The standard InChI is InChI=1S/C16H18F2/c1-16(2,3)15-11-6-10(7-12(11)15)9-4-5-13(17)14(18)8-9/h4-6,8,11-12,15H,7H2,1-3H3. The summed E-state index contributed by atoms with van der Waals surface area (Å²) < 4.78 is 26.1. The number of fused-ring (bicyclic) bond motifs is 1. The zero-order chi connectivity index (χ0) is 13.1. The molecule has 1 aromatic carbocycles. The molecule has 2 aliphatic carbocycles. The van der Waals surface area contributed by atoms with Crippen molar-refractivity contribution in [3.8, 4) is 0 Å². The Balaban J connectivity index is 1.82. The molecule has 3 atom stereocenters. The van der Waals surface area contributed by atoms with Crippen LogP contribution >= 0.6 is 0 Å². The average Bonchev–Trinajstić information content (AvgIpc) is 2.81. The summed E-state index contributed by atoms with van der Waals surface area (Å²) in [5, 5.41) is 0. The maximum absolute atomic E-state index is 13.2. The Kier molecular flexibility index (Phi) is 2.42. The zero-order valence-electron chi connectivity index (χ0n) is 11.0. The van der Waals surface area contributed by atoms with Gasteiger partial charge >= 0.3 is 0 Å². The Morgan fingerprint density at radius 2 is 1.83 bits per heavy atom. The van der Waals surface area contributed by atoms with Crippen LogP contribution in [0.15, 0.2) is 24.3 Å². The van der Waals surface area contributed by atoms with Gasteiger partial charge in [-0.05, 0) is 52.9 Å². The molecule has 0 nitrogen and oxygen atoms in total. The van der Waals surface area contributed by atoms with Crippen LogP contribution in [0, 0.1) is 34.8 Å². The first-order valence-corrected chi connectivity index (χ1v) is 6.54. The highest BCUT2D eigenvalue weighted by atomic mass is 19.2. The molecule has 0 aliphatic heterocycles. The van der Waals surface area contributed by atoms with E-state index in [4.69, 9.17) is 0 Å². The lowest BCUT2D eigenvalue weighted by atomic mass is 9.85. The second-order valence-corrected chi connectivity index (χ2v) is 6.66. The monoisotopic (exact) mass is 248 g/mol. The van der Waals surface area contributed by atoms with Crippen LogP contribution in [0.2, 0.25) is 0 Å². The van der Waals surface area contributed by atoms with E-state index in [0.29, 0.717) is 17.3 Å². The zero-order valence-corrected chi connectivity index (χ0v) is 11.0. The fourth-order valence-corrected chi connectivity index (χ4v) is 3.57. The molecule has 2 aliphatic rings. The molecular formula is C16H18F2. The number of allylic oxidation sites excluding steroid dienone is 2. The molecule has 0 amide bonds. The maximum atomic E-state index is 13.2. The third-order valence-corrected chi connectivity index (χ3v) is 4.37. The molecule has 0 radical (unpaired) electrons. The van der Waals surface area contributed by atoms with Crippen molar-refractivity contribution < 1.29 is 8.78 Å². The number of halogens is 2. The number of rotatable bonds is 1. The molecule has 3 unspecified atom stereocenters. The first-order valence-electron chi connectivity index (χ1n) is 6.54. The van der Waals surface area contributed by atoms with Gasteiger partial charge in [-0.25, -0.2) is 8.78 Å². The van der Waals surface area contributed by atoms with E-state index in [2.05, 4.69) is 26.8 Å². The Hall–Kier alpha value is -1.18. The SMILES string of the molecule is CC(C)(C)C1C2C=C(c3ccc(F)c(F)c3)CC21. The van der Waals surface area contributed by atoms with Gasteiger partial charge in [0, 0.05) is 0 Å². The van der Waals surface area contributed by atoms with Crippen LogP contribution in [-0.4, -0.2) is 0 Å². The fraction of sp³-hybridized carbons (Fsp3) is 0.500. The molecule has 96 valence electrons. The van der Waals surface area contributed by atoms with Crippen LogP contribution in [0.1, 0.15) is 32.8 Å². The Morgan fingerprint density at radius 1 is 1.11 bits per heavy atom. The van der Waals surface area contributed by atoms with Gasteiger partial charge in [-0.3, -0.25) is 0 Å². The lowest BCUT2D eigenvalue weighted by molar-refractivity contribution is 0.322. The highest BCUT2D eigenvalue weighted by Gasteiger charge is 2.57. The van der Waals surface area contributed by atoms with Crippen LogP contribution in [0.25, 0.3) is 5.57 Å². The number of hydrogen-bond donors (Lipinski definition) is 0. The summed E-state index contributed by atoms with van der Waals surface area (Å²) in [6, 6.07) is 4.22. The molecule has 1 fully saturated rings. The van der Waals surface area contributed by atoms with Crippen LogP contribution in [0.5, 0.6) is 0 Å². The van der Waals surface area contributed by atoms with Crippen LogP contribution in [-0.2, 0) is 0 Å².